The van der Waals surface area contributed by atoms with Crippen molar-refractivity contribution in [2.45, 2.75) is 58.5 Å². The summed E-state index contributed by atoms with van der Waals surface area (Å²) in [6, 6.07) is 0.428. The maximum Gasteiger partial charge on any atom is 0.234 e. The first kappa shape index (κ1) is 15.4. The van der Waals surface area contributed by atoms with Crippen LogP contribution in [0.1, 0.15) is 46.5 Å². The van der Waals surface area contributed by atoms with Crippen LogP contribution in [0.5, 0.6) is 0 Å². The summed E-state index contributed by atoms with van der Waals surface area (Å²) in [5.41, 5.74) is 0. The summed E-state index contributed by atoms with van der Waals surface area (Å²) in [5, 5.41) is 12.2. The molecular formula is C14H28N2O2. The molecule has 1 heterocycles. The molecule has 1 aliphatic rings. The fraction of sp³-hybridized carbons (Fsp3) is 0.929. The smallest absolute Gasteiger partial charge is 0.234 e. The van der Waals surface area contributed by atoms with Gasteiger partial charge in [0.1, 0.15) is 0 Å². The minimum Gasteiger partial charge on any atom is -0.395 e. The van der Waals surface area contributed by atoms with E-state index in [2.05, 4.69) is 31.0 Å². The van der Waals surface area contributed by atoms with Gasteiger partial charge in [-0.15, -0.1) is 0 Å². The van der Waals surface area contributed by atoms with Gasteiger partial charge >= 0.3 is 0 Å². The van der Waals surface area contributed by atoms with Crippen molar-refractivity contribution >= 4 is 5.91 Å². The predicted octanol–water partition coefficient (Wildman–Crippen LogP) is 1.38. The van der Waals surface area contributed by atoms with Crippen molar-refractivity contribution in [1.29, 1.82) is 0 Å². The van der Waals surface area contributed by atoms with Crippen LogP contribution in [0.3, 0.4) is 0 Å². The van der Waals surface area contributed by atoms with E-state index < -0.39 is 0 Å². The van der Waals surface area contributed by atoms with E-state index in [1.807, 2.05) is 0 Å². The van der Waals surface area contributed by atoms with Gasteiger partial charge < -0.3 is 10.4 Å². The van der Waals surface area contributed by atoms with Gasteiger partial charge in [-0.3, -0.25) is 9.69 Å². The highest BCUT2D eigenvalue weighted by Gasteiger charge is 2.25. The van der Waals surface area contributed by atoms with Gasteiger partial charge in [-0.2, -0.15) is 0 Å². The van der Waals surface area contributed by atoms with Crippen LogP contribution >= 0.6 is 0 Å². The summed E-state index contributed by atoms with van der Waals surface area (Å²) in [6.45, 7) is 7.98. The Morgan fingerprint density at radius 3 is 2.72 bits per heavy atom. The summed E-state index contributed by atoms with van der Waals surface area (Å²) in [6.07, 6.45) is 4.27. The van der Waals surface area contributed by atoms with Gasteiger partial charge in [0.25, 0.3) is 0 Å². The van der Waals surface area contributed by atoms with Gasteiger partial charge in [0, 0.05) is 12.1 Å². The molecule has 2 N–H and O–H groups in total. The second-order valence-corrected chi connectivity index (χ2v) is 5.89. The molecule has 0 aliphatic carbocycles. The van der Waals surface area contributed by atoms with Gasteiger partial charge in [0.05, 0.1) is 13.2 Å². The molecule has 0 aromatic carbocycles. The lowest BCUT2D eigenvalue weighted by atomic mass is 10.0. The molecule has 0 spiro atoms. The van der Waals surface area contributed by atoms with Crippen molar-refractivity contribution in [1.82, 2.24) is 10.2 Å². The quantitative estimate of drug-likeness (QED) is 0.723. The van der Waals surface area contributed by atoms with E-state index in [0.717, 1.165) is 32.2 Å². The van der Waals surface area contributed by atoms with Crippen molar-refractivity contribution in [2.24, 2.45) is 5.92 Å². The van der Waals surface area contributed by atoms with Gasteiger partial charge in [0.15, 0.2) is 0 Å². The van der Waals surface area contributed by atoms with E-state index in [9.17, 15) is 9.90 Å². The fourth-order valence-electron chi connectivity index (χ4n) is 2.47. The molecule has 1 saturated heterocycles. The van der Waals surface area contributed by atoms with E-state index in [0.29, 0.717) is 12.5 Å². The first-order valence-corrected chi connectivity index (χ1v) is 7.17. The topological polar surface area (TPSA) is 52.6 Å². The molecule has 1 amide bonds. The molecular weight excluding hydrogens is 228 g/mol. The number of hydrogen-bond acceptors (Lipinski definition) is 3. The highest BCUT2D eigenvalue weighted by molar-refractivity contribution is 5.78. The van der Waals surface area contributed by atoms with Crippen molar-refractivity contribution in [2.75, 3.05) is 19.7 Å². The van der Waals surface area contributed by atoms with E-state index in [1.54, 1.807) is 0 Å². The van der Waals surface area contributed by atoms with Crippen molar-refractivity contribution < 1.29 is 9.90 Å². The summed E-state index contributed by atoms with van der Waals surface area (Å²) >= 11 is 0. The van der Waals surface area contributed by atoms with Crippen LogP contribution in [0.25, 0.3) is 0 Å². The Kier molecular flexibility index (Phi) is 6.65. The first-order valence-electron chi connectivity index (χ1n) is 7.17. The van der Waals surface area contributed by atoms with Crippen LogP contribution in [0.2, 0.25) is 0 Å². The predicted molar refractivity (Wildman–Crippen MR) is 73.4 cm³/mol. The second-order valence-electron chi connectivity index (χ2n) is 5.89. The van der Waals surface area contributed by atoms with Crippen LogP contribution in [0.4, 0.5) is 0 Å². The standard InChI is InChI=1S/C14H28N2O2/c1-11(2)6-7-12(3)15-14(18)9-16-8-4-5-13(16)10-17/h11-13,17H,4-10H2,1-3H3,(H,15,18)/t12?,13-/m0/s1. The maximum absolute atomic E-state index is 11.9. The van der Waals surface area contributed by atoms with Crippen LogP contribution in [-0.2, 0) is 4.79 Å². The van der Waals surface area contributed by atoms with Crippen molar-refractivity contribution in [3.8, 4) is 0 Å². The van der Waals surface area contributed by atoms with Crippen molar-refractivity contribution in [3.63, 3.8) is 0 Å². The number of nitrogens with one attached hydrogen (secondary N) is 1. The highest BCUT2D eigenvalue weighted by Crippen LogP contribution is 2.15. The fourth-order valence-corrected chi connectivity index (χ4v) is 2.47. The SMILES string of the molecule is CC(C)CCC(C)NC(=O)CN1CCC[C@H]1CO. The molecule has 4 nitrogen and oxygen atoms in total. The first-order chi connectivity index (χ1) is 8.52. The molecule has 2 atom stereocenters. The average Bonchev–Trinajstić information content (AvgIpc) is 2.73. The summed E-state index contributed by atoms with van der Waals surface area (Å²) < 4.78 is 0. The van der Waals surface area contributed by atoms with Crippen LogP contribution in [0, 0.1) is 5.92 Å². The number of likely N-dealkylation sites (tertiary alicyclic amines) is 1. The number of nitrogens with zero attached hydrogens (tertiary/aromatic N) is 1. The molecule has 1 aliphatic heterocycles. The Morgan fingerprint density at radius 1 is 1.39 bits per heavy atom. The molecule has 106 valence electrons. The number of carbonyl (C=O) groups excluding carboxylic acids is 1. The number of hydrogen-bond donors (Lipinski definition) is 2. The van der Waals surface area contributed by atoms with E-state index in [-0.39, 0.29) is 24.6 Å². The van der Waals surface area contributed by atoms with Crippen LogP contribution in [0.15, 0.2) is 0 Å². The van der Waals surface area contributed by atoms with Gasteiger partial charge in [-0.1, -0.05) is 13.8 Å². The highest BCUT2D eigenvalue weighted by atomic mass is 16.3. The van der Waals surface area contributed by atoms with Gasteiger partial charge in [-0.25, -0.2) is 0 Å². The zero-order chi connectivity index (χ0) is 13.5. The maximum atomic E-state index is 11.9. The number of aliphatic hydroxyl groups excluding tert-OH is 1. The van der Waals surface area contributed by atoms with Gasteiger partial charge in [0.2, 0.25) is 5.91 Å². The minimum absolute atomic E-state index is 0.0895. The molecule has 0 saturated carbocycles. The van der Waals surface area contributed by atoms with E-state index in [1.165, 1.54) is 0 Å². The lowest BCUT2D eigenvalue weighted by molar-refractivity contribution is -0.123. The lowest BCUT2D eigenvalue weighted by Crippen LogP contribution is -2.43. The molecule has 0 aromatic rings. The molecule has 0 radical (unpaired) electrons. The van der Waals surface area contributed by atoms with Crippen LogP contribution in [-0.4, -0.2) is 47.7 Å². The minimum atomic E-state index is 0.0895. The van der Waals surface area contributed by atoms with Crippen LogP contribution < -0.4 is 5.32 Å². The molecule has 1 rings (SSSR count). The van der Waals surface area contributed by atoms with E-state index in [4.69, 9.17) is 0 Å². The zero-order valence-corrected chi connectivity index (χ0v) is 12.0. The third-order valence-corrected chi connectivity index (χ3v) is 3.64. The Balaban J connectivity index is 2.24. The summed E-state index contributed by atoms with van der Waals surface area (Å²) in [5.74, 6) is 0.772. The Bertz CT molecular complexity index is 256. The molecule has 0 bridgehead atoms. The zero-order valence-electron chi connectivity index (χ0n) is 12.0. The lowest BCUT2D eigenvalue weighted by Gasteiger charge is -2.23. The molecule has 18 heavy (non-hydrogen) atoms. The third-order valence-electron chi connectivity index (χ3n) is 3.64. The average molecular weight is 256 g/mol. The normalized spacial score (nSPS) is 22.4. The number of amides is 1. The molecule has 0 aromatic heterocycles. The van der Waals surface area contributed by atoms with Gasteiger partial charge in [-0.05, 0) is 45.1 Å². The summed E-state index contributed by atoms with van der Waals surface area (Å²) in [4.78, 5) is 14.0. The Hall–Kier alpha value is -0.610. The Morgan fingerprint density at radius 2 is 2.11 bits per heavy atom. The Labute approximate surface area is 111 Å². The largest absolute Gasteiger partial charge is 0.395 e. The molecule has 4 heteroatoms. The second kappa shape index (κ2) is 7.74. The summed E-state index contributed by atoms with van der Waals surface area (Å²) in [7, 11) is 0. The molecule has 1 unspecified atom stereocenters. The third kappa shape index (κ3) is 5.36. The number of rotatable bonds is 7. The van der Waals surface area contributed by atoms with E-state index >= 15 is 0 Å². The number of carbonyl (C=O) groups is 1. The monoisotopic (exact) mass is 256 g/mol. The number of aliphatic hydroxyl groups is 1. The van der Waals surface area contributed by atoms with Crippen molar-refractivity contribution in [3.05, 3.63) is 0 Å². The molecule has 1 fully saturated rings.